The van der Waals surface area contributed by atoms with E-state index in [-0.39, 0.29) is 24.0 Å². The van der Waals surface area contributed by atoms with Gasteiger partial charge in [0.1, 0.15) is 5.82 Å². The van der Waals surface area contributed by atoms with Gasteiger partial charge in [0.15, 0.2) is 5.96 Å². The first-order chi connectivity index (χ1) is 14.6. The number of aromatic nitrogens is 1. The van der Waals surface area contributed by atoms with Crippen molar-refractivity contribution in [1.29, 1.82) is 0 Å². The van der Waals surface area contributed by atoms with Crippen LogP contribution in [0.25, 0.3) is 0 Å². The second-order valence-corrected chi connectivity index (χ2v) is 8.14. The molecule has 170 valence electrons. The molecule has 2 N–H and O–H groups in total. The molecule has 8 heteroatoms. The molecule has 1 unspecified atom stereocenters. The first kappa shape index (κ1) is 25.7. The van der Waals surface area contributed by atoms with E-state index in [0.29, 0.717) is 17.6 Å². The van der Waals surface area contributed by atoms with Gasteiger partial charge < -0.3 is 20.4 Å². The smallest absolute Gasteiger partial charge is 0.191 e. The first-order valence-electron chi connectivity index (χ1n) is 10.8. The third-order valence-electron chi connectivity index (χ3n) is 5.32. The number of rotatable bonds is 8. The normalized spacial score (nSPS) is 16.4. The largest absolute Gasteiger partial charge is 0.357 e. The van der Waals surface area contributed by atoms with E-state index in [9.17, 15) is 0 Å². The van der Waals surface area contributed by atoms with E-state index < -0.39 is 0 Å². The average Bonchev–Trinajstić information content (AvgIpc) is 3.21. The Bertz CT molecular complexity index is 846. The van der Waals surface area contributed by atoms with Crippen LogP contribution in [0.3, 0.4) is 0 Å². The van der Waals surface area contributed by atoms with Crippen LogP contribution in [-0.4, -0.2) is 55.1 Å². The van der Waals surface area contributed by atoms with Crippen LogP contribution in [0.5, 0.6) is 0 Å². The van der Waals surface area contributed by atoms with E-state index in [1.54, 1.807) is 6.20 Å². The Kier molecular flexibility index (Phi) is 10.8. The summed E-state index contributed by atoms with van der Waals surface area (Å²) in [6.07, 6.45) is 2.82. The fraction of sp³-hybridized carbons (Fsp3) is 0.478. The summed E-state index contributed by atoms with van der Waals surface area (Å²) < 4.78 is 0. The summed E-state index contributed by atoms with van der Waals surface area (Å²) in [5, 5.41) is 7.65. The number of nitrogens with one attached hydrogen (secondary N) is 2. The lowest BCUT2D eigenvalue weighted by Crippen LogP contribution is -2.44. The van der Waals surface area contributed by atoms with Gasteiger partial charge in [0.2, 0.25) is 0 Å². The number of halogens is 2. The molecule has 0 radical (unpaired) electrons. The maximum absolute atomic E-state index is 6.31. The van der Waals surface area contributed by atoms with Crippen LogP contribution in [0.15, 0.2) is 47.6 Å². The second-order valence-electron chi connectivity index (χ2n) is 7.73. The number of benzene rings is 1. The molecule has 1 atom stereocenters. The van der Waals surface area contributed by atoms with E-state index in [4.69, 9.17) is 16.6 Å². The number of pyridine rings is 1. The molecule has 0 bridgehead atoms. The number of aliphatic imine (C=N–C) groups is 1. The highest BCUT2D eigenvalue weighted by atomic mass is 127. The van der Waals surface area contributed by atoms with Crippen molar-refractivity contribution < 1.29 is 0 Å². The Morgan fingerprint density at radius 2 is 2.06 bits per heavy atom. The van der Waals surface area contributed by atoms with Gasteiger partial charge >= 0.3 is 0 Å². The zero-order valence-electron chi connectivity index (χ0n) is 18.6. The van der Waals surface area contributed by atoms with Gasteiger partial charge in [-0.1, -0.05) is 42.8 Å². The molecule has 1 aromatic carbocycles. The quantitative estimate of drug-likeness (QED) is 0.291. The molecule has 1 fully saturated rings. The number of hydrogen-bond acceptors (Lipinski definition) is 4. The maximum atomic E-state index is 6.31. The average molecular weight is 557 g/mol. The van der Waals surface area contributed by atoms with E-state index in [1.807, 2.05) is 12.1 Å². The van der Waals surface area contributed by atoms with Gasteiger partial charge in [-0.25, -0.2) is 9.98 Å². The van der Waals surface area contributed by atoms with Crippen molar-refractivity contribution >= 4 is 47.4 Å². The zero-order valence-corrected chi connectivity index (χ0v) is 21.7. The van der Waals surface area contributed by atoms with Gasteiger partial charge in [-0.15, -0.1) is 24.0 Å². The highest BCUT2D eigenvalue weighted by molar-refractivity contribution is 14.0. The van der Waals surface area contributed by atoms with Crippen LogP contribution in [0.4, 0.5) is 5.82 Å². The standard InChI is InChI=1S/C23H33ClN6.HI/c1-4-25-23(27-15-18-8-6-9-19(14-18)16-29(3)5-2)28-20-11-13-30(17-20)22-21(24)10-7-12-26-22;/h6-10,12,14,20H,4-5,11,13,15-17H2,1-3H3,(H2,25,27,28);1H. The fourth-order valence-electron chi connectivity index (χ4n) is 3.61. The minimum Gasteiger partial charge on any atom is -0.357 e. The Labute approximate surface area is 208 Å². The third kappa shape index (κ3) is 7.80. The van der Waals surface area contributed by atoms with E-state index in [0.717, 1.165) is 50.9 Å². The lowest BCUT2D eigenvalue weighted by atomic mass is 10.1. The van der Waals surface area contributed by atoms with Crippen LogP contribution in [0.1, 0.15) is 31.4 Å². The molecule has 2 aromatic rings. The molecule has 0 amide bonds. The lowest BCUT2D eigenvalue weighted by Gasteiger charge is -2.20. The summed E-state index contributed by atoms with van der Waals surface area (Å²) in [7, 11) is 2.14. The predicted molar refractivity (Wildman–Crippen MR) is 142 cm³/mol. The third-order valence-corrected chi connectivity index (χ3v) is 5.61. The van der Waals surface area contributed by atoms with Gasteiger partial charge in [0.25, 0.3) is 0 Å². The summed E-state index contributed by atoms with van der Waals surface area (Å²) in [5.74, 6) is 1.71. The monoisotopic (exact) mass is 556 g/mol. The number of hydrogen-bond donors (Lipinski definition) is 2. The Hall–Kier alpha value is -1.58. The van der Waals surface area contributed by atoms with Gasteiger partial charge in [-0.05, 0) is 50.2 Å². The molecular formula is C23H34ClIN6. The van der Waals surface area contributed by atoms with Crippen molar-refractivity contribution in [1.82, 2.24) is 20.5 Å². The Morgan fingerprint density at radius 1 is 1.26 bits per heavy atom. The summed E-state index contributed by atoms with van der Waals surface area (Å²) in [4.78, 5) is 13.8. The molecule has 1 aliphatic rings. The molecule has 0 aliphatic carbocycles. The molecule has 1 aromatic heterocycles. The second kappa shape index (κ2) is 13.1. The lowest BCUT2D eigenvalue weighted by molar-refractivity contribution is 0.345. The minimum atomic E-state index is 0. The van der Waals surface area contributed by atoms with E-state index in [2.05, 4.69) is 70.6 Å². The van der Waals surface area contributed by atoms with E-state index in [1.165, 1.54) is 11.1 Å². The maximum Gasteiger partial charge on any atom is 0.191 e. The summed E-state index contributed by atoms with van der Waals surface area (Å²) in [5.41, 5.74) is 2.55. The highest BCUT2D eigenvalue weighted by Gasteiger charge is 2.25. The molecule has 0 spiro atoms. The Balaban J connectivity index is 0.00000341. The molecule has 1 saturated heterocycles. The summed E-state index contributed by atoms with van der Waals surface area (Å²) in [6.45, 7) is 9.54. The summed E-state index contributed by atoms with van der Waals surface area (Å²) in [6, 6.07) is 12.8. The molecule has 3 rings (SSSR count). The molecule has 6 nitrogen and oxygen atoms in total. The first-order valence-corrected chi connectivity index (χ1v) is 11.1. The van der Waals surface area contributed by atoms with Gasteiger partial charge in [-0.2, -0.15) is 0 Å². The van der Waals surface area contributed by atoms with Crippen molar-refractivity contribution in [3.05, 3.63) is 58.7 Å². The van der Waals surface area contributed by atoms with Crippen molar-refractivity contribution in [3.8, 4) is 0 Å². The van der Waals surface area contributed by atoms with Crippen LogP contribution >= 0.6 is 35.6 Å². The number of nitrogens with zero attached hydrogens (tertiary/aromatic N) is 4. The van der Waals surface area contributed by atoms with Crippen LogP contribution in [0, 0.1) is 0 Å². The SMILES string of the molecule is CCNC(=NCc1cccc(CN(C)CC)c1)NC1CCN(c2ncccc2Cl)C1.I. The topological polar surface area (TPSA) is 55.8 Å². The fourth-order valence-corrected chi connectivity index (χ4v) is 3.86. The van der Waals surface area contributed by atoms with Crippen molar-refractivity contribution in [2.75, 3.05) is 38.1 Å². The van der Waals surface area contributed by atoms with Crippen LogP contribution in [0.2, 0.25) is 5.02 Å². The number of guanidine groups is 1. The van der Waals surface area contributed by atoms with Gasteiger partial charge in [-0.3, -0.25) is 0 Å². The highest BCUT2D eigenvalue weighted by Crippen LogP contribution is 2.25. The van der Waals surface area contributed by atoms with E-state index >= 15 is 0 Å². The molecule has 2 heterocycles. The van der Waals surface area contributed by atoms with Crippen molar-refractivity contribution in [2.45, 2.75) is 39.4 Å². The zero-order chi connectivity index (χ0) is 21.3. The van der Waals surface area contributed by atoms with Gasteiger partial charge in [0, 0.05) is 38.4 Å². The minimum absolute atomic E-state index is 0. The van der Waals surface area contributed by atoms with Gasteiger partial charge in [0.05, 0.1) is 11.6 Å². The van der Waals surface area contributed by atoms with Crippen LogP contribution < -0.4 is 15.5 Å². The van der Waals surface area contributed by atoms with Crippen molar-refractivity contribution in [2.24, 2.45) is 4.99 Å². The number of anilines is 1. The molecular weight excluding hydrogens is 523 g/mol. The summed E-state index contributed by atoms with van der Waals surface area (Å²) >= 11 is 6.31. The molecule has 0 saturated carbocycles. The predicted octanol–water partition coefficient (Wildman–Crippen LogP) is 4.14. The van der Waals surface area contributed by atoms with Crippen LogP contribution in [-0.2, 0) is 13.1 Å². The Morgan fingerprint density at radius 3 is 2.81 bits per heavy atom. The molecule has 31 heavy (non-hydrogen) atoms. The molecule has 1 aliphatic heterocycles. The van der Waals surface area contributed by atoms with Crippen molar-refractivity contribution in [3.63, 3.8) is 0 Å².